The summed E-state index contributed by atoms with van der Waals surface area (Å²) >= 11 is 0. The highest BCUT2D eigenvalue weighted by atomic mass is 19.3. The number of rotatable bonds is 8. The van der Waals surface area contributed by atoms with E-state index in [1.807, 2.05) is 13.0 Å². The molecule has 0 radical (unpaired) electrons. The third-order valence-electron chi connectivity index (χ3n) is 2.69. The second-order valence-electron chi connectivity index (χ2n) is 5.26. The predicted octanol–water partition coefficient (Wildman–Crippen LogP) is 4.82. The largest absolute Gasteiger partial charge is 0.492 e. The Balaban J connectivity index is 4.92. The van der Waals surface area contributed by atoms with Gasteiger partial charge in [-0.15, -0.1) is 0 Å². The first-order valence-electron chi connectivity index (χ1n) is 6.64. The zero-order valence-electron chi connectivity index (χ0n) is 12.9. The van der Waals surface area contributed by atoms with Crippen molar-refractivity contribution in [2.45, 2.75) is 59.5 Å². The number of carbonyl (C=O) groups excluding carboxylic acids is 1. The number of halogens is 2. The van der Waals surface area contributed by atoms with Crippen molar-refractivity contribution in [3.05, 3.63) is 35.6 Å². The van der Waals surface area contributed by atoms with E-state index >= 15 is 0 Å². The lowest BCUT2D eigenvalue weighted by molar-refractivity contribution is -0.113. The van der Waals surface area contributed by atoms with Crippen molar-refractivity contribution in [1.29, 1.82) is 0 Å². The van der Waals surface area contributed by atoms with Crippen molar-refractivity contribution in [3.8, 4) is 0 Å². The number of ketones is 1. The van der Waals surface area contributed by atoms with Gasteiger partial charge in [-0.1, -0.05) is 18.2 Å². The zero-order valence-corrected chi connectivity index (χ0v) is 12.9. The lowest BCUT2D eigenvalue weighted by Crippen LogP contribution is -2.27. The molecule has 0 spiro atoms. The Hall–Kier alpha value is -1.45. The van der Waals surface area contributed by atoms with E-state index in [2.05, 4.69) is 0 Å². The van der Waals surface area contributed by atoms with Gasteiger partial charge in [0.1, 0.15) is 11.4 Å². The molecule has 0 saturated carbocycles. The summed E-state index contributed by atoms with van der Waals surface area (Å²) in [6, 6.07) is 0. The van der Waals surface area contributed by atoms with Crippen molar-refractivity contribution in [3.63, 3.8) is 0 Å². The molecule has 0 aromatic carbocycles. The molecule has 0 heterocycles. The second kappa shape index (κ2) is 8.67. The minimum atomic E-state index is -2.41. The first-order valence-corrected chi connectivity index (χ1v) is 6.64. The maximum atomic E-state index is 12.5. The van der Waals surface area contributed by atoms with Crippen LogP contribution in [0.4, 0.5) is 8.78 Å². The van der Waals surface area contributed by atoms with E-state index in [0.29, 0.717) is 17.8 Å². The second-order valence-corrected chi connectivity index (χ2v) is 5.26. The van der Waals surface area contributed by atoms with Crippen LogP contribution in [0.1, 0.15) is 47.5 Å². The van der Waals surface area contributed by atoms with Crippen molar-refractivity contribution in [2.75, 3.05) is 0 Å². The lowest BCUT2D eigenvalue weighted by Gasteiger charge is -2.27. The summed E-state index contributed by atoms with van der Waals surface area (Å²) in [7, 11) is 0. The van der Waals surface area contributed by atoms with Crippen LogP contribution in [0.25, 0.3) is 0 Å². The van der Waals surface area contributed by atoms with Crippen LogP contribution in [-0.2, 0) is 9.53 Å². The molecule has 4 heteroatoms. The summed E-state index contributed by atoms with van der Waals surface area (Å²) < 4.78 is 30.6. The predicted molar refractivity (Wildman–Crippen MR) is 77.7 cm³/mol. The Kier molecular flexibility index (Phi) is 8.04. The molecule has 0 N–H and O–H groups in total. The average molecular weight is 286 g/mol. The quantitative estimate of drug-likeness (QED) is 0.363. The maximum absolute atomic E-state index is 12.5. The van der Waals surface area contributed by atoms with E-state index in [1.165, 1.54) is 6.92 Å². The number of ether oxygens (including phenoxy) is 1. The Morgan fingerprint density at radius 3 is 2.35 bits per heavy atom. The van der Waals surface area contributed by atoms with Crippen LogP contribution in [0.3, 0.4) is 0 Å². The summed E-state index contributed by atoms with van der Waals surface area (Å²) in [5.41, 5.74) is -0.314. The molecule has 0 aliphatic carbocycles. The molecule has 20 heavy (non-hydrogen) atoms. The molecule has 0 aromatic heterocycles. The Bertz CT molecular complexity index is 405. The van der Waals surface area contributed by atoms with Gasteiger partial charge in [0.25, 0.3) is 0 Å². The fourth-order valence-corrected chi connectivity index (χ4v) is 1.51. The van der Waals surface area contributed by atoms with E-state index in [1.54, 1.807) is 39.0 Å². The minimum Gasteiger partial charge on any atom is -0.492 e. The highest BCUT2D eigenvalue weighted by Crippen LogP contribution is 2.24. The van der Waals surface area contributed by atoms with Gasteiger partial charge in [0.2, 0.25) is 6.43 Å². The molecule has 2 nitrogen and oxygen atoms in total. The lowest BCUT2D eigenvalue weighted by atomic mass is 10.1. The van der Waals surface area contributed by atoms with Gasteiger partial charge < -0.3 is 4.74 Å². The van der Waals surface area contributed by atoms with E-state index in [0.717, 1.165) is 0 Å². The molecule has 0 bridgehead atoms. The number of Topliss-reactive ketones (excluding diaryl/α,β-unsaturated/α-hetero) is 1. The first-order chi connectivity index (χ1) is 9.18. The molecular formula is C16H24F2O2. The molecule has 0 rings (SSSR count). The summed E-state index contributed by atoms with van der Waals surface area (Å²) in [5.74, 6) is 0.552. The molecule has 0 atom stereocenters. The third-order valence-corrected chi connectivity index (χ3v) is 2.69. The van der Waals surface area contributed by atoms with Crippen molar-refractivity contribution in [2.24, 2.45) is 0 Å². The van der Waals surface area contributed by atoms with Crippen LogP contribution in [0, 0.1) is 0 Å². The summed E-state index contributed by atoms with van der Waals surface area (Å²) in [6.45, 7) is 8.33. The van der Waals surface area contributed by atoms with Crippen LogP contribution >= 0.6 is 0 Å². The summed E-state index contributed by atoms with van der Waals surface area (Å²) in [6.07, 6.45) is 4.74. The fraction of sp³-hybridized carbons (Fsp3) is 0.562. The first kappa shape index (κ1) is 18.6. The molecule has 114 valence electrons. The van der Waals surface area contributed by atoms with Crippen LogP contribution in [-0.4, -0.2) is 17.8 Å². The third kappa shape index (κ3) is 8.62. The Morgan fingerprint density at radius 2 is 1.90 bits per heavy atom. The van der Waals surface area contributed by atoms with Gasteiger partial charge in [-0.25, -0.2) is 8.78 Å². The highest BCUT2D eigenvalue weighted by molar-refractivity contribution is 5.92. The van der Waals surface area contributed by atoms with E-state index < -0.39 is 12.0 Å². The van der Waals surface area contributed by atoms with Crippen molar-refractivity contribution in [1.82, 2.24) is 0 Å². The smallest absolute Gasteiger partial charge is 0.242 e. The molecule has 0 aromatic rings. The molecule has 0 aliphatic rings. The van der Waals surface area contributed by atoms with E-state index in [-0.39, 0.29) is 12.2 Å². The number of carbonyl (C=O) groups is 1. The molecule has 0 unspecified atom stereocenters. The Morgan fingerprint density at radius 1 is 1.30 bits per heavy atom. The summed E-state index contributed by atoms with van der Waals surface area (Å²) in [4.78, 5) is 11.2. The number of hydrogen-bond acceptors (Lipinski definition) is 2. The van der Waals surface area contributed by atoms with E-state index in [9.17, 15) is 13.6 Å². The number of hydrogen-bond donors (Lipinski definition) is 0. The average Bonchev–Trinajstić information content (AvgIpc) is 2.29. The number of alkyl halides is 2. The van der Waals surface area contributed by atoms with E-state index in [4.69, 9.17) is 4.74 Å². The maximum Gasteiger partial charge on any atom is 0.242 e. The van der Waals surface area contributed by atoms with Gasteiger partial charge in [-0.2, -0.15) is 0 Å². The van der Waals surface area contributed by atoms with Crippen molar-refractivity contribution < 1.29 is 18.3 Å². The van der Waals surface area contributed by atoms with Crippen LogP contribution < -0.4 is 0 Å². The monoisotopic (exact) mass is 286 g/mol. The standard InChI is InChI=1S/C16H24F2O2/c1-6-7-8-14(10-9-12(2)13(3)19)20-16(4,5)11-15(17)18/h6-9,15H,10-11H2,1-5H3/b7-6-,12-9+,14-8+. The van der Waals surface area contributed by atoms with Gasteiger partial charge in [-0.3, -0.25) is 4.79 Å². The zero-order chi connectivity index (χ0) is 15.8. The molecule has 0 fully saturated rings. The molecule has 0 saturated heterocycles. The highest BCUT2D eigenvalue weighted by Gasteiger charge is 2.25. The normalized spacial score (nSPS) is 14.2. The summed E-state index contributed by atoms with van der Waals surface area (Å²) in [5, 5.41) is 0. The Labute approximate surface area is 120 Å². The van der Waals surface area contributed by atoms with Crippen LogP contribution in [0.2, 0.25) is 0 Å². The fourth-order valence-electron chi connectivity index (χ4n) is 1.51. The van der Waals surface area contributed by atoms with Gasteiger partial charge in [-0.05, 0) is 46.3 Å². The molecule has 0 aliphatic heterocycles. The molecule has 0 amide bonds. The van der Waals surface area contributed by atoms with Crippen LogP contribution in [0.5, 0.6) is 0 Å². The SMILES string of the molecule is C/C=C\C=C(/C/C=C(\C)C(C)=O)OC(C)(C)CC(F)F. The van der Waals surface area contributed by atoms with Crippen molar-refractivity contribution >= 4 is 5.78 Å². The van der Waals surface area contributed by atoms with Gasteiger partial charge >= 0.3 is 0 Å². The van der Waals surface area contributed by atoms with Gasteiger partial charge in [0.15, 0.2) is 5.78 Å². The molecular weight excluding hydrogens is 262 g/mol. The van der Waals surface area contributed by atoms with Crippen LogP contribution in [0.15, 0.2) is 35.6 Å². The van der Waals surface area contributed by atoms with Gasteiger partial charge in [0, 0.05) is 12.8 Å². The number of allylic oxidation sites excluding steroid dienone is 5. The minimum absolute atomic E-state index is 0.0118. The topological polar surface area (TPSA) is 26.3 Å². The van der Waals surface area contributed by atoms with Gasteiger partial charge in [0.05, 0.1) is 0 Å².